The Labute approximate surface area is 575 Å². The van der Waals surface area contributed by atoms with Crippen LogP contribution in [0.4, 0.5) is 26.3 Å². The van der Waals surface area contributed by atoms with Crippen molar-refractivity contribution in [2.45, 2.75) is 263 Å². The molecule has 97 heavy (non-hydrogen) atoms. The van der Waals surface area contributed by atoms with Gasteiger partial charge in [0.05, 0.1) is 18.4 Å². The fourth-order valence-electron chi connectivity index (χ4n) is 13.5. The van der Waals surface area contributed by atoms with Crippen molar-refractivity contribution in [1.29, 1.82) is 0 Å². The topological polar surface area (TPSA) is 259 Å². The molecule has 0 aromatic carbocycles. The molecule has 0 bridgehead atoms. The van der Waals surface area contributed by atoms with Crippen molar-refractivity contribution in [2.75, 3.05) is 55.4 Å². The average molecular weight is 1410 g/mol. The zero-order valence-corrected chi connectivity index (χ0v) is 61.1. The predicted molar refractivity (Wildman–Crippen MR) is 354 cm³/mol. The van der Waals surface area contributed by atoms with Gasteiger partial charge in [-0.3, -0.25) is 52.7 Å². The zero-order valence-electron chi connectivity index (χ0n) is 60.4. The first-order valence-corrected chi connectivity index (χ1v) is 35.1. The fraction of sp³-hybridized carbons (Fsp3) is 0.838. The Balaban J connectivity index is 1.85. The molecule has 554 valence electrons. The second-order valence-electron chi connectivity index (χ2n) is 30.0. The zero-order chi connectivity index (χ0) is 73.8. The van der Waals surface area contributed by atoms with E-state index in [2.05, 4.69) is 21.3 Å². The largest absolute Gasteiger partial charge is 0.393 e. The summed E-state index contributed by atoms with van der Waals surface area (Å²) in [6.07, 6.45) is -9.33. The number of alkyl halides is 7. The quantitative estimate of drug-likeness (QED) is 0.105. The molecule has 0 aromatic rings. The molecule has 0 spiro atoms. The van der Waals surface area contributed by atoms with Gasteiger partial charge in [0, 0.05) is 66.7 Å². The summed E-state index contributed by atoms with van der Waals surface area (Å²) in [6, 6.07) is -11.0. The van der Waals surface area contributed by atoms with E-state index in [1.54, 1.807) is 27.7 Å². The second kappa shape index (κ2) is 35.4. The number of likely N-dealkylation sites (N-methyl/N-ethyl adjacent to an activating group) is 6. The molecule has 4 fully saturated rings. The van der Waals surface area contributed by atoms with E-state index in [4.69, 9.17) is 11.6 Å². The standard InChI is InChI=1S/C68H112ClF6N11O11/c1-19-40(8)56-64(96)82(15)42(10)59(91)86-29-28-51(86)63(95)84(17)53(35-44-20-24-45(25-21-44)67(70,71)72)62(94)80(13)36-54(87)76-48(27-23-43-22-26-46(47(69)34-43)68(73,74)75)57(89)77-50(31-38(4)5)61(93)85(18)66(11,12)65(97)78-49(30-37(2)3)60(92)81(14)41(9)33-55(88)83(16)52(32-39(6)7)58(90)79-56/h37-53,56H,19-36H2,1-18H3,(H,76,87)(H,77,89)(H,78,97)(H,79,90)/t40-,41+,42-,43?,44?,45?,46?,47?,48-,49-,50-,51-,52-,53-,56-/m0/s1. The molecule has 2 saturated heterocycles. The maximum absolute atomic E-state index is 14.9. The van der Waals surface area contributed by atoms with Crippen LogP contribution < -0.4 is 21.3 Å². The molecule has 0 radical (unpaired) electrons. The molecule has 4 rings (SSSR count). The third kappa shape index (κ3) is 22.3. The van der Waals surface area contributed by atoms with Gasteiger partial charge < -0.3 is 55.6 Å². The number of carbonyl (C=O) groups is 11. The Morgan fingerprint density at radius 1 is 0.557 bits per heavy atom. The SMILES string of the molecule is CC[C@H](C)[C@@H]1NC(=O)[C@H](CC(C)C)N(C)C(=O)C[C@@H](C)N(C)C(=O)[C@H](CC(C)C)NC(=O)C(C)(C)N(C)C(=O)[C@H](CC(C)C)NC(=O)[C@H](CCC2CCC(C(F)(F)F)C(Cl)C2)NC(=O)CN(C)C(=O)[C@H](CC2CCC(C(F)(F)F)CC2)N(C)C(=O)[C@@H]2CCN2C(=O)[C@H](C)N(C)C1=O. The molecular formula is C68H112ClF6N11O11. The summed E-state index contributed by atoms with van der Waals surface area (Å²) in [5, 5.41) is 9.88. The Morgan fingerprint density at radius 3 is 1.62 bits per heavy atom. The lowest BCUT2D eigenvalue weighted by atomic mass is 9.78. The first kappa shape index (κ1) is 83.5. The number of nitrogens with zero attached hydrogens (tertiary/aromatic N) is 7. The van der Waals surface area contributed by atoms with Crippen molar-refractivity contribution in [3.05, 3.63) is 0 Å². The lowest BCUT2D eigenvalue weighted by Crippen LogP contribution is -2.65. The van der Waals surface area contributed by atoms with Crippen molar-refractivity contribution in [1.82, 2.24) is 55.6 Å². The molecule has 0 aromatic heterocycles. The van der Waals surface area contributed by atoms with Gasteiger partial charge in [-0.1, -0.05) is 61.8 Å². The number of nitrogens with one attached hydrogen (secondary N) is 4. The minimum Gasteiger partial charge on any atom is -0.343 e. The summed E-state index contributed by atoms with van der Waals surface area (Å²) in [5.74, 6) is -13.2. The molecule has 2 aliphatic carbocycles. The molecule has 2 heterocycles. The Bertz CT molecular complexity index is 2770. The molecule has 2 saturated carbocycles. The second-order valence-corrected chi connectivity index (χ2v) is 30.5. The normalized spacial score (nSPS) is 30.9. The van der Waals surface area contributed by atoms with E-state index in [0.717, 1.165) is 14.7 Å². The lowest BCUT2D eigenvalue weighted by molar-refractivity contribution is -0.184. The van der Waals surface area contributed by atoms with Crippen LogP contribution in [0.3, 0.4) is 0 Å². The predicted octanol–water partition coefficient (Wildman–Crippen LogP) is 7.28. The van der Waals surface area contributed by atoms with Gasteiger partial charge in [-0.25, -0.2) is 0 Å². The lowest BCUT2D eigenvalue weighted by Gasteiger charge is -2.45. The van der Waals surface area contributed by atoms with Crippen LogP contribution in [0.15, 0.2) is 0 Å². The first-order valence-electron chi connectivity index (χ1n) is 34.6. The van der Waals surface area contributed by atoms with Gasteiger partial charge >= 0.3 is 12.4 Å². The van der Waals surface area contributed by atoms with E-state index < -0.39 is 179 Å². The summed E-state index contributed by atoms with van der Waals surface area (Å²) in [7, 11) is 8.25. The minimum absolute atomic E-state index is 0.000430. The smallest absolute Gasteiger partial charge is 0.343 e. The van der Waals surface area contributed by atoms with Crippen LogP contribution in [0.1, 0.15) is 186 Å². The highest BCUT2D eigenvalue weighted by Crippen LogP contribution is 2.44. The summed E-state index contributed by atoms with van der Waals surface area (Å²) >= 11 is 6.33. The third-order valence-electron chi connectivity index (χ3n) is 20.9. The maximum Gasteiger partial charge on any atom is 0.393 e. The van der Waals surface area contributed by atoms with Gasteiger partial charge in [0.25, 0.3) is 0 Å². The van der Waals surface area contributed by atoms with Crippen molar-refractivity contribution in [3.63, 3.8) is 0 Å². The molecule has 29 heteroatoms. The van der Waals surface area contributed by atoms with Crippen LogP contribution >= 0.6 is 11.6 Å². The van der Waals surface area contributed by atoms with E-state index in [1.165, 1.54) is 82.7 Å². The molecule has 4 aliphatic rings. The average Bonchev–Trinajstić information content (AvgIpc) is 0.785. The number of carbonyl (C=O) groups excluding carboxylic acids is 11. The van der Waals surface area contributed by atoms with Crippen LogP contribution in [0.5, 0.6) is 0 Å². The van der Waals surface area contributed by atoms with Crippen molar-refractivity contribution in [2.24, 2.45) is 47.3 Å². The number of fused-ring (bicyclic) bond motifs is 1. The molecule has 11 amide bonds. The van der Waals surface area contributed by atoms with Crippen molar-refractivity contribution in [3.8, 4) is 0 Å². The summed E-state index contributed by atoms with van der Waals surface area (Å²) in [6.45, 7) is 19.8. The minimum atomic E-state index is -4.55. The molecule has 4 N–H and O–H groups in total. The van der Waals surface area contributed by atoms with E-state index in [1.807, 2.05) is 34.6 Å². The van der Waals surface area contributed by atoms with Gasteiger partial charge in [0.2, 0.25) is 65.0 Å². The summed E-state index contributed by atoms with van der Waals surface area (Å²) in [4.78, 5) is 170. The van der Waals surface area contributed by atoms with Gasteiger partial charge in [-0.05, 0) is 153 Å². The molecule has 13 atom stereocenters. The van der Waals surface area contributed by atoms with Crippen molar-refractivity contribution >= 4 is 76.6 Å². The van der Waals surface area contributed by atoms with Crippen LogP contribution in [-0.2, 0) is 52.7 Å². The molecule has 22 nitrogen and oxygen atoms in total. The Morgan fingerprint density at radius 2 is 1.11 bits per heavy atom. The van der Waals surface area contributed by atoms with Crippen LogP contribution in [-0.4, -0.2) is 232 Å². The highest BCUT2D eigenvalue weighted by molar-refractivity contribution is 6.20. The summed E-state index contributed by atoms with van der Waals surface area (Å²) in [5.41, 5.74) is -1.73. The third-order valence-corrected chi connectivity index (χ3v) is 21.4. The van der Waals surface area contributed by atoms with E-state index in [9.17, 15) is 79.1 Å². The molecule has 3 unspecified atom stereocenters. The Hall–Kier alpha value is -5.96. The van der Waals surface area contributed by atoms with E-state index >= 15 is 0 Å². The highest BCUT2D eigenvalue weighted by Gasteiger charge is 2.50. The van der Waals surface area contributed by atoms with Gasteiger partial charge in [-0.15, -0.1) is 11.6 Å². The number of hydrogen-bond acceptors (Lipinski definition) is 11. The number of hydrogen-bond donors (Lipinski definition) is 4. The first-order chi connectivity index (χ1) is 44.8. The molecule has 2 aliphatic heterocycles. The molecular weight excluding hydrogens is 1300 g/mol. The van der Waals surface area contributed by atoms with Gasteiger partial charge in [0.1, 0.15) is 53.9 Å². The van der Waals surface area contributed by atoms with Gasteiger partial charge in [-0.2, -0.15) is 26.3 Å². The Kier molecular flexibility index (Phi) is 30.4. The van der Waals surface area contributed by atoms with Crippen LogP contribution in [0.25, 0.3) is 0 Å². The number of halogens is 7. The van der Waals surface area contributed by atoms with Gasteiger partial charge in [0.15, 0.2) is 0 Å². The highest BCUT2D eigenvalue weighted by atomic mass is 35.5. The summed E-state index contributed by atoms with van der Waals surface area (Å²) < 4.78 is 83.6. The van der Waals surface area contributed by atoms with E-state index in [-0.39, 0.29) is 121 Å². The fourth-order valence-corrected chi connectivity index (χ4v) is 14.0. The number of amides is 11. The monoisotopic (exact) mass is 1410 g/mol. The van der Waals surface area contributed by atoms with Crippen LogP contribution in [0.2, 0.25) is 0 Å². The maximum atomic E-state index is 14.9. The van der Waals surface area contributed by atoms with E-state index in [0.29, 0.717) is 6.42 Å². The van der Waals surface area contributed by atoms with Crippen molar-refractivity contribution < 1.29 is 79.1 Å². The number of rotatable bonds is 13. The van der Waals surface area contributed by atoms with Crippen LogP contribution in [0, 0.1) is 47.3 Å².